The molecule has 0 aromatic carbocycles. The van der Waals surface area contributed by atoms with Gasteiger partial charge in [0.15, 0.2) is 6.10 Å². The van der Waals surface area contributed by atoms with Crippen LogP contribution in [0.25, 0.3) is 0 Å². The van der Waals surface area contributed by atoms with E-state index in [0.717, 1.165) is 108 Å². The van der Waals surface area contributed by atoms with Crippen LogP contribution < -0.4 is 26.6 Å². The topological polar surface area (TPSA) is 209 Å². The van der Waals surface area contributed by atoms with Crippen molar-refractivity contribution in [1.29, 1.82) is 0 Å². The second-order valence-corrected chi connectivity index (χ2v) is 19.4. The number of amides is 3. The second kappa shape index (κ2) is 36.2. The highest BCUT2D eigenvalue weighted by atomic mass is 32.2. The molecule has 6 N–H and O–H groups in total. The number of phosphoric acid groups is 1. The summed E-state index contributed by atoms with van der Waals surface area (Å²) in [5, 5.41) is 9.46. The molecule has 2 heterocycles. The molecule has 0 aromatic rings. The summed E-state index contributed by atoms with van der Waals surface area (Å²) < 4.78 is 32.6. The summed E-state index contributed by atoms with van der Waals surface area (Å²) in [5.41, 5.74) is 3.55. The number of ether oxygens (including phenoxy) is 2. The maximum atomic E-state index is 12.6. The van der Waals surface area contributed by atoms with Gasteiger partial charge < -0.3 is 45.1 Å². The molecule has 354 valence electrons. The van der Waals surface area contributed by atoms with Crippen LogP contribution >= 0.6 is 19.6 Å². The molecule has 16 heteroatoms. The van der Waals surface area contributed by atoms with Crippen LogP contribution in [0.15, 0.2) is 12.2 Å². The third-order valence-electron chi connectivity index (χ3n) is 11.1. The lowest BCUT2D eigenvalue weighted by Gasteiger charge is -2.25. The third-order valence-corrected chi connectivity index (χ3v) is 13.6. The Kier molecular flexibility index (Phi) is 32.6. The first-order valence-corrected chi connectivity index (χ1v) is 26.5. The van der Waals surface area contributed by atoms with E-state index in [1.165, 1.54) is 44.9 Å². The van der Waals surface area contributed by atoms with Crippen LogP contribution in [-0.4, -0.2) is 86.0 Å². The molecule has 1 unspecified atom stereocenters. The van der Waals surface area contributed by atoms with Crippen molar-refractivity contribution in [3.63, 3.8) is 0 Å². The van der Waals surface area contributed by atoms with Crippen molar-refractivity contribution in [2.24, 2.45) is 0 Å². The van der Waals surface area contributed by atoms with E-state index in [0.29, 0.717) is 31.1 Å². The van der Waals surface area contributed by atoms with Gasteiger partial charge >= 0.3 is 18.0 Å². The summed E-state index contributed by atoms with van der Waals surface area (Å²) in [6.07, 6.45) is 31.5. The molecule has 0 radical (unpaired) electrons. The highest BCUT2D eigenvalue weighted by Gasteiger charge is 2.42. The number of quaternary nitrogens is 1. The maximum Gasteiger partial charge on any atom is 0.315 e. The molecule has 61 heavy (non-hydrogen) atoms. The fourth-order valence-corrected chi connectivity index (χ4v) is 9.89. The molecule has 0 saturated carbocycles. The number of hydrogen-bond acceptors (Lipinski definition) is 11. The van der Waals surface area contributed by atoms with Crippen molar-refractivity contribution >= 4 is 43.5 Å². The van der Waals surface area contributed by atoms with Crippen LogP contribution in [0, 0.1) is 0 Å². The number of esters is 2. The van der Waals surface area contributed by atoms with Crippen molar-refractivity contribution in [2.45, 2.75) is 210 Å². The Hall–Kier alpha value is -2.16. The van der Waals surface area contributed by atoms with Gasteiger partial charge in [-0.25, -0.2) is 4.79 Å². The van der Waals surface area contributed by atoms with Gasteiger partial charge in [0.25, 0.3) is 7.82 Å². The van der Waals surface area contributed by atoms with Crippen LogP contribution in [-0.2, 0) is 37.5 Å². The number of thioether (sulfide) groups is 1. The maximum absolute atomic E-state index is 12.6. The van der Waals surface area contributed by atoms with Crippen LogP contribution in [0.3, 0.4) is 0 Å². The van der Waals surface area contributed by atoms with Gasteiger partial charge in [0.05, 0.1) is 25.2 Å². The Balaban J connectivity index is 1.47. The van der Waals surface area contributed by atoms with E-state index in [-0.39, 0.29) is 56.6 Å². The van der Waals surface area contributed by atoms with E-state index < -0.39 is 32.5 Å². The molecule has 2 saturated heterocycles. The molecule has 2 rings (SSSR count). The van der Waals surface area contributed by atoms with Crippen LogP contribution in [0.5, 0.6) is 0 Å². The number of fused-ring (bicyclic) bond motifs is 1. The van der Waals surface area contributed by atoms with Crippen LogP contribution in [0.2, 0.25) is 0 Å². The Bertz CT molecular complexity index is 1260. The zero-order valence-electron chi connectivity index (χ0n) is 37.7. The second-order valence-electron chi connectivity index (χ2n) is 16.7. The monoisotopic (exact) mass is 903 g/mol. The molecular formula is C45H83N4O10PS. The molecule has 0 bridgehead atoms. The standard InChI is InChI=1S/C45H83N4O10PS/c1-2-3-4-5-6-7-8-9-10-11-12-14-17-20-23-30-42(51)56-35-38(36-58-60(54,55)57-34-32-46)59-43(52)31-24-21-18-15-13-16-19-22-27-33-47-41(50)29-26-25-28-40-44-39(37-61-40)48-45(53)49-44/h9-10,38-40,44H,2-8,11-37,46H2,1H3,(H,47,50)(H,54,55)(H2,48,49,53)/b10-9-/t38-,39+,40+,44+/m1/s1. The molecule has 0 spiro atoms. The number of unbranched alkanes of at least 4 members (excludes halogenated alkanes) is 20. The van der Waals surface area contributed by atoms with E-state index in [9.17, 15) is 28.6 Å². The molecule has 14 nitrogen and oxygen atoms in total. The zero-order chi connectivity index (χ0) is 44.2. The summed E-state index contributed by atoms with van der Waals surface area (Å²) in [7, 11) is -4.62. The summed E-state index contributed by atoms with van der Waals surface area (Å²) in [6.45, 7) is 2.28. The summed E-state index contributed by atoms with van der Waals surface area (Å²) in [5.74, 6) is 0.166. The molecular weight excluding hydrogens is 820 g/mol. The van der Waals surface area contributed by atoms with Gasteiger partial charge in [-0.1, -0.05) is 122 Å². The highest BCUT2D eigenvalue weighted by molar-refractivity contribution is 8.00. The zero-order valence-corrected chi connectivity index (χ0v) is 39.4. The number of phosphoric ester groups is 1. The number of hydrogen-bond donors (Lipinski definition) is 4. The highest BCUT2D eigenvalue weighted by Crippen LogP contribution is 2.38. The summed E-state index contributed by atoms with van der Waals surface area (Å²) in [6, 6.07) is 0.404. The Morgan fingerprint density at radius 1 is 0.770 bits per heavy atom. The predicted octanol–water partition coefficient (Wildman–Crippen LogP) is 7.97. The van der Waals surface area contributed by atoms with Crippen molar-refractivity contribution < 1.29 is 52.9 Å². The lowest BCUT2D eigenvalue weighted by Crippen LogP contribution is -2.52. The number of urea groups is 1. The van der Waals surface area contributed by atoms with Gasteiger partial charge in [-0.15, -0.1) is 0 Å². The summed E-state index contributed by atoms with van der Waals surface area (Å²) in [4.78, 5) is 60.9. The third kappa shape index (κ3) is 29.8. The van der Waals surface area contributed by atoms with Gasteiger partial charge in [-0.3, -0.25) is 18.9 Å². The largest absolute Gasteiger partial charge is 0.756 e. The van der Waals surface area contributed by atoms with Crippen LogP contribution in [0.1, 0.15) is 187 Å². The average Bonchev–Trinajstić information content (AvgIpc) is 3.80. The van der Waals surface area contributed by atoms with Gasteiger partial charge in [0.1, 0.15) is 13.2 Å². The number of carbonyl (C=O) groups is 4. The molecule has 2 aliphatic rings. The first kappa shape index (κ1) is 55.0. The molecule has 0 aromatic heterocycles. The van der Waals surface area contributed by atoms with E-state index in [4.69, 9.17) is 18.5 Å². The first-order valence-electron chi connectivity index (χ1n) is 24.0. The molecule has 0 aliphatic carbocycles. The van der Waals surface area contributed by atoms with E-state index in [1.807, 2.05) is 11.8 Å². The Labute approximate surface area is 372 Å². The van der Waals surface area contributed by atoms with E-state index in [1.54, 1.807) is 0 Å². The smallest absolute Gasteiger partial charge is 0.315 e. The minimum absolute atomic E-state index is 0.0601. The van der Waals surface area contributed by atoms with Crippen molar-refractivity contribution in [1.82, 2.24) is 16.0 Å². The van der Waals surface area contributed by atoms with Gasteiger partial charge in [-0.05, 0) is 57.8 Å². The Morgan fingerprint density at radius 2 is 1.34 bits per heavy atom. The number of nitrogens with one attached hydrogen (secondary N) is 3. The van der Waals surface area contributed by atoms with E-state index >= 15 is 0 Å². The quantitative estimate of drug-likeness (QED) is 0.0152. The SMILES string of the molecule is CCCCCCCC/C=C\CCCCCCCC(=O)OC[C@H](COP(=O)([O-])OCC[NH3+])OC(=O)CCCCCCCCCCCNC(=O)CCCC[C@@H]1SC[C@@H]2NC(=O)N[C@@H]21. The lowest BCUT2D eigenvalue weighted by molar-refractivity contribution is -0.373. The normalized spacial score (nSPS) is 18.7. The molecule has 2 aliphatic heterocycles. The lowest BCUT2D eigenvalue weighted by atomic mass is 10.0. The Morgan fingerprint density at radius 3 is 1.98 bits per heavy atom. The fraction of sp³-hybridized carbons (Fsp3) is 0.867. The van der Waals surface area contributed by atoms with Crippen LogP contribution in [0.4, 0.5) is 4.79 Å². The average molecular weight is 903 g/mol. The minimum atomic E-state index is -4.62. The molecule has 3 amide bonds. The van der Waals surface area contributed by atoms with Crippen molar-refractivity contribution in [3.05, 3.63) is 12.2 Å². The first-order chi connectivity index (χ1) is 29.6. The number of carbonyl (C=O) groups excluding carboxylic acids is 4. The molecule has 5 atom stereocenters. The van der Waals surface area contributed by atoms with Gasteiger partial charge in [0, 0.05) is 36.8 Å². The van der Waals surface area contributed by atoms with Crippen molar-refractivity contribution in [2.75, 3.05) is 38.7 Å². The predicted molar refractivity (Wildman–Crippen MR) is 241 cm³/mol. The van der Waals surface area contributed by atoms with E-state index in [2.05, 4.69) is 40.8 Å². The minimum Gasteiger partial charge on any atom is -0.756 e. The number of allylic oxidation sites excluding steroid dienone is 2. The van der Waals surface area contributed by atoms with Gasteiger partial charge in [-0.2, -0.15) is 11.8 Å². The van der Waals surface area contributed by atoms with Crippen molar-refractivity contribution in [3.8, 4) is 0 Å². The number of rotatable bonds is 41. The summed E-state index contributed by atoms with van der Waals surface area (Å²) >= 11 is 1.91. The van der Waals surface area contributed by atoms with Gasteiger partial charge in [0.2, 0.25) is 5.91 Å². The molecule has 2 fully saturated rings. The fourth-order valence-electron chi connectivity index (χ4n) is 7.57.